The number of alkyl halides is 2. The van der Waals surface area contributed by atoms with Crippen LogP contribution in [0.1, 0.15) is 12.8 Å². The quantitative estimate of drug-likeness (QED) is 0.384. The molecule has 0 radical (unpaired) electrons. The van der Waals surface area contributed by atoms with Crippen molar-refractivity contribution in [1.29, 1.82) is 0 Å². The lowest BCUT2D eigenvalue weighted by Crippen LogP contribution is -2.52. The van der Waals surface area contributed by atoms with Gasteiger partial charge in [-0.3, -0.25) is 0 Å². The van der Waals surface area contributed by atoms with Gasteiger partial charge >= 0.3 is 8.56 Å². The van der Waals surface area contributed by atoms with E-state index >= 15 is 0 Å². The molecule has 0 heterocycles. The summed E-state index contributed by atoms with van der Waals surface area (Å²) in [4.78, 5) is 0. The molecule has 0 saturated heterocycles. The highest BCUT2D eigenvalue weighted by Crippen LogP contribution is 2.26. The van der Waals surface area contributed by atoms with Gasteiger partial charge in [0.2, 0.25) is 0 Å². The van der Waals surface area contributed by atoms with Crippen LogP contribution in [-0.4, -0.2) is 37.0 Å². The summed E-state index contributed by atoms with van der Waals surface area (Å²) in [6.07, 6.45) is 2.08. The third-order valence-corrected chi connectivity index (χ3v) is 14.9. The first-order valence-electron chi connectivity index (χ1n) is 7.06. The van der Waals surface area contributed by atoms with E-state index in [0.717, 1.165) is 36.7 Å². The maximum absolute atomic E-state index is 6.44. The van der Waals surface area contributed by atoms with Crippen LogP contribution in [0, 0.1) is 0 Å². The highest BCUT2D eigenvalue weighted by Gasteiger charge is 2.39. The van der Waals surface area contributed by atoms with Gasteiger partial charge in [-0.2, -0.15) is 0 Å². The van der Waals surface area contributed by atoms with Crippen molar-refractivity contribution in [3.05, 3.63) is 0 Å². The zero-order valence-corrected chi connectivity index (χ0v) is 17.8. The van der Waals surface area contributed by atoms with Crippen LogP contribution < -0.4 is 0 Å². The van der Waals surface area contributed by atoms with Crippen LogP contribution in [0.3, 0.4) is 0 Å². The molecule has 0 aromatic carbocycles. The third kappa shape index (κ3) is 10.5. The van der Waals surface area contributed by atoms with Crippen molar-refractivity contribution >= 4 is 48.4 Å². The van der Waals surface area contributed by atoms with E-state index in [1.165, 1.54) is 0 Å². The summed E-state index contributed by atoms with van der Waals surface area (Å²) >= 11 is 11.6. The minimum atomic E-state index is -2.04. The maximum atomic E-state index is 6.44. The highest BCUT2D eigenvalue weighted by atomic mass is 35.5. The molecule has 7 heteroatoms. The third-order valence-electron chi connectivity index (χ3n) is 2.87. The van der Waals surface area contributed by atoms with Gasteiger partial charge in [0.1, 0.15) is 0 Å². The van der Waals surface area contributed by atoms with Gasteiger partial charge in [-0.15, -0.1) is 23.2 Å². The van der Waals surface area contributed by atoms with Crippen molar-refractivity contribution in [2.24, 2.45) is 0 Å². The molecule has 0 aromatic heterocycles. The van der Waals surface area contributed by atoms with Crippen molar-refractivity contribution < 1.29 is 8.23 Å². The van der Waals surface area contributed by atoms with Crippen LogP contribution in [0.2, 0.25) is 51.4 Å². The van der Waals surface area contributed by atoms with Gasteiger partial charge in [0.15, 0.2) is 16.6 Å². The van der Waals surface area contributed by atoms with E-state index in [0.29, 0.717) is 0 Å². The second kappa shape index (κ2) is 8.56. The Morgan fingerprint density at radius 3 is 1.26 bits per heavy atom. The zero-order chi connectivity index (χ0) is 15.2. The topological polar surface area (TPSA) is 18.5 Å². The molecule has 0 aliphatic heterocycles. The average molecular weight is 362 g/mol. The highest BCUT2D eigenvalue weighted by molar-refractivity contribution is 6.87. The molecule has 0 saturated carbocycles. The first-order valence-corrected chi connectivity index (χ1v) is 17.2. The van der Waals surface area contributed by atoms with Crippen LogP contribution in [0.15, 0.2) is 0 Å². The van der Waals surface area contributed by atoms with E-state index in [-0.39, 0.29) is 0 Å². The first kappa shape index (κ1) is 20.2. The van der Waals surface area contributed by atoms with Crippen molar-refractivity contribution in [3.8, 4) is 0 Å². The number of hydrogen-bond donors (Lipinski definition) is 0. The summed E-state index contributed by atoms with van der Waals surface area (Å²) in [5.41, 5.74) is 0. The van der Waals surface area contributed by atoms with E-state index in [9.17, 15) is 0 Å². The molecule has 0 fully saturated rings. The second-order valence-electron chi connectivity index (χ2n) is 6.71. The Balaban J connectivity index is 4.44. The smallest absolute Gasteiger partial charge is 0.311 e. The molecule has 0 unspecified atom stereocenters. The minimum absolute atomic E-state index is 0.721. The molecule has 0 aromatic rings. The van der Waals surface area contributed by atoms with Crippen LogP contribution in [-0.2, 0) is 8.23 Å². The van der Waals surface area contributed by atoms with E-state index in [1.807, 2.05) is 0 Å². The SMILES string of the molecule is C[Si](C)(CCCCl)O[Si](C)(C)O[Si](C)(C)CCCCl. The van der Waals surface area contributed by atoms with Crippen molar-refractivity contribution in [3.63, 3.8) is 0 Å². The van der Waals surface area contributed by atoms with Gasteiger partial charge in [-0.05, 0) is 64.2 Å². The Bertz CT molecular complexity index is 237. The monoisotopic (exact) mass is 360 g/mol. The largest absolute Gasteiger partial charge is 0.437 e. The lowest BCUT2D eigenvalue weighted by atomic mass is 10.6. The fraction of sp³-hybridized carbons (Fsp3) is 1.00. The van der Waals surface area contributed by atoms with Crippen molar-refractivity contribution in [2.75, 3.05) is 11.8 Å². The van der Waals surface area contributed by atoms with Crippen molar-refractivity contribution in [1.82, 2.24) is 0 Å². The van der Waals surface area contributed by atoms with Crippen LogP contribution in [0.4, 0.5) is 0 Å². The standard InChI is InChI=1S/C12H30Cl2O2Si3/c1-17(2,11-7-9-13)15-19(5,6)16-18(3,4)12-8-10-14/h7-12H2,1-6H3. The second-order valence-corrected chi connectivity index (χ2v) is 19.9. The Morgan fingerprint density at radius 1 is 0.684 bits per heavy atom. The first-order chi connectivity index (χ1) is 8.54. The summed E-state index contributed by atoms with van der Waals surface area (Å²) in [7, 11) is -5.32. The van der Waals surface area contributed by atoms with Crippen LogP contribution in [0.25, 0.3) is 0 Å². The molecule has 0 bridgehead atoms. The van der Waals surface area contributed by atoms with Gasteiger partial charge in [0.05, 0.1) is 0 Å². The maximum Gasteiger partial charge on any atom is 0.311 e. The molecule has 0 aliphatic carbocycles. The fourth-order valence-corrected chi connectivity index (χ4v) is 17.2. The molecule has 0 N–H and O–H groups in total. The number of hydrogen-bond acceptors (Lipinski definition) is 2. The molecule has 0 aliphatic rings. The molecule has 0 amide bonds. The van der Waals surface area contributed by atoms with Gasteiger partial charge in [-0.1, -0.05) is 0 Å². The fourth-order valence-electron chi connectivity index (χ4n) is 2.44. The van der Waals surface area contributed by atoms with Gasteiger partial charge < -0.3 is 8.23 Å². The molecule has 116 valence electrons. The summed E-state index contributed by atoms with van der Waals surface area (Å²) < 4.78 is 12.9. The lowest BCUT2D eigenvalue weighted by Gasteiger charge is -2.38. The molecule has 0 spiro atoms. The van der Waals surface area contributed by atoms with Crippen molar-refractivity contribution in [2.45, 2.75) is 64.2 Å². The molecule has 19 heavy (non-hydrogen) atoms. The van der Waals surface area contributed by atoms with Gasteiger partial charge in [-0.25, -0.2) is 0 Å². The minimum Gasteiger partial charge on any atom is -0.437 e. The summed E-state index contributed by atoms with van der Waals surface area (Å²) in [6.45, 7) is 13.4. The zero-order valence-electron chi connectivity index (χ0n) is 13.3. The van der Waals surface area contributed by atoms with Gasteiger partial charge in [0, 0.05) is 11.8 Å². The Hall–Kier alpha value is 1.15. The number of rotatable bonds is 10. The molecule has 0 atom stereocenters. The average Bonchev–Trinajstić information content (AvgIpc) is 2.20. The predicted octanol–water partition coefficient (Wildman–Crippen LogP) is 5.39. The molecular weight excluding hydrogens is 331 g/mol. The molecule has 0 rings (SSSR count). The number of halogens is 2. The summed E-state index contributed by atoms with van der Waals surface area (Å²) in [6, 6.07) is 2.22. The Kier molecular flexibility index (Phi) is 9.08. The lowest BCUT2D eigenvalue weighted by molar-refractivity contribution is 0.387. The summed E-state index contributed by atoms with van der Waals surface area (Å²) in [5.74, 6) is 1.44. The van der Waals surface area contributed by atoms with Crippen LogP contribution >= 0.6 is 23.2 Å². The van der Waals surface area contributed by atoms with E-state index in [1.54, 1.807) is 0 Å². The molecular formula is C12H30Cl2O2Si3. The van der Waals surface area contributed by atoms with Crippen LogP contribution in [0.5, 0.6) is 0 Å². The Labute approximate surface area is 132 Å². The van der Waals surface area contributed by atoms with Gasteiger partial charge in [0.25, 0.3) is 0 Å². The predicted molar refractivity (Wildman–Crippen MR) is 94.9 cm³/mol. The molecule has 2 nitrogen and oxygen atoms in total. The Morgan fingerprint density at radius 2 is 1.00 bits per heavy atom. The van der Waals surface area contributed by atoms with E-state index in [2.05, 4.69) is 39.3 Å². The van der Waals surface area contributed by atoms with E-state index in [4.69, 9.17) is 31.4 Å². The summed E-state index contributed by atoms with van der Waals surface area (Å²) in [5, 5.41) is 0. The van der Waals surface area contributed by atoms with E-state index < -0.39 is 25.2 Å². The normalized spacial score (nSPS) is 13.9.